The maximum Gasteiger partial charge on any atom is 0.293 e. The Kier molecular flexibility index (Phi) is 12.6. The van der Waals surface area contributed by atoms with Gasteiger partial charge in [0.1, 0.15) is 32.7 Å². The number of nitro groups is 1. The zero-order valence-corrected chi connectivity index (χ0v) is 37.5. The molecule has 0 radical (unpaired) electrons. The van der Waals surface area contributed by atoms with Gasteiger partial charge in [-0.3, -0.25) is 19.8 Å². The first-order valence-corrected chi connectivity index (χ1v) is 24.7. The number of aromatic nitrogens is 2. The van der Waals surface area contributed by atoms with Crippen molar-refractivity contribution in [3.05, 3.63) is 117 Å². The number of halogens is 1. The quantitative estimate of drug-likeness (QED) is 0.0760. The number of fused-ring (bicyclic) bond motifs is 1. The molecule has 1 aliphatic carbocycles. The van der Waals surface area contributed by atoms with E-state index in [0.29, 0.717) is 37.3 Å². The van der Waals surface area contributed by atoms with Crippen molar-refractivity contribution in [2.75, 3.05) is 61.0 Å². The number of benzene rings is 3. The Hall–Kier alpha value is -5.49. The van der Waals surface area contributed by atoms with Crippen LogP contribution in [0, 0.1) is 21.4 Å². The van der Waals surface area contributed by atoms with Crippen LogP contribution < -0.4 is 19.7 Å². The molecular formula is C45H50ClN7O8S2. The van der Waals surface area contributed by atoms with Gasteiger partial charge in [-0.25, -0.2) is 26.5 Å². The number of sulfonamides is 1. The van der Waals surface area contributed by atoms with E-state index in [9.17, 15) is 31.7 Å². The summed E-state index contributed by atoms with van der Waals surface area (Å²) >= 11 is 6.24. The minimum atomic E-state index is -4.62. The third-order valence-corrected chi connectivity index (χ3v) is 15.6. The van der Waals surface area contributed by atoms with Crippen molar-refractivity contribution >= 4 is 71.0 Å². The summed E-state index contributed by atoms with van der Waals surface area (Å²) in [6.45, 7) is 8.82. The number of amides is 1. The molecule has 2 fully saturated rings. The van der Waals surface area contributed by atoms with Crippen molar-refractivity contribution in [1.82, 2.24) is 19.6 Å². The number of ether oxygens (including phenoxy) is 1. The normalized spacial score (nSPS) is 18.3. The summed E-state index contributed by atoms with van der Waals surface area (Å²) in [5.41, 5.74) is 5.22. The third-order valence-electron chi connectivity index (χ3n) is 12.3. The van der Waals surface area contributed by atoms with Crippen LogP contribution in [0.2, 0.25) is 5.02 Å². The van der Waals surface area contributed by atoms with Gasteiger partial charge >= 0.3 is 0 Å². The number of nitro benzene ring substituents is 1. The van der Waals surface area contributed by atoms with Crippen LogP contribution in [0.4, 0.5) is 17.1 Å². The van der Waals surface area contributed by atoms with Gasteiger partial charge < -0.3 is 19.9 Å². The Labute approximate surface area is 372 Å². The average molecular weight is 917 g/mol. The predicted molar refractivity (Wildman–Crippen MR) is 245 cm³/mol. The summed E-state index contributed by atoms with van der Waals surface area (Å²) in [6, 6.07) is 20.1. The molecule has 332 valence electrons. The molecule has 5 aromatic rings. The van der Waals surface area contributed by atoms with Crippen molar-refractivity contribution in [2.45, 2.75) is 50.8 Å². The van der Waals surface area contributed by atoms with E-state index >= 15 is 0 Å². The Morgan fingerprint density at radius 2 is 1.76 bits per heavy atom. The lowest BCUT2D eigenvalue weighted by Gasteiger charge is -2.39. The van der Waals surface area contributed by atoms with E-state index in [4.69, 9.17) is 16.3 Å². The number of carbonyl (C=O) groups is 1. The van der Waals surface area contributed by atoms with Gasteiger partial charge in [0.05, 0.1) is 33.1 Å². The second-order valence-corrected chi connectivity index (χ2v) is 21.8. The maximum absolute atomic E-state index is 13.9. The van der Waals surface area contributed by atoms with Crippen LogP contribution in [0.5, 0.6) is 11.5 Å². The molecule has 2 aliphatic heterocycles. The number of anilines is 2. The Bertz CT molecular complexity index is 2790. The SMILES string of the molecule is CC1(C)CCC(CN2CCN(c3ccc(C(=O)NS(=O)(=O)c4ccc(NCC5CCS(=O)(=O)CC5)c([N+](=O)[O-])c4)c(Oc4cnc5[nH]ccc5c4)c3)CC2)=C(c2ccc(Cl)cc2)C1. The van der Waals surface area contributed by atoms with E-state index in [-0.39, 0.29) is 46.4 Å². The molecule has 3 aliphatic rings. The Balaban J connectivity index is 0.996. The monoisotopic (exact) mass is 915 g/mol. The zero-order valence-electron chi connectivity index (χ0n) is 35.1. The van der Waals surface area contributed by atoms with E-state index in [2.05, 4.69) is 55.8 Å². The van der Waals surface area contributed by atoms with Gasteiger partial charge in [0.15, 0.2) is 0 Å². The van der Waals surface area contributed by atoms with E-state index in [1.807, 2.05) is 18.2 Å². The molecule has 18 heteroatoms. The molecule has 2 aromatic heterocycles. The van der Waals surface area contributed by atoms with E-state index < -0.39 is 41.3 Å². The molecule has 15 nitrogen and oxygen atoms in total. The number of nitrogens with zero attached hydrogens (tertiary/aromatic N) is 4. The number of sulfone groups is 1. The molecule has 63 heavy (non-hydrogen) atoms. The predicted octanol–water partition coefficient (Wildman–Crippen LogP) is 8.06. The number of hydrogen-bond donors (Lipinski definition) is 3. The molecule has 0 bridgehead atoms. The highest BCUT2D eigenvalue weighted by atomic mass is 35.5. The molecule has 2 saturated heterocycles. The van der Waals surface area contributed by atoms with E-state index in [1.165, 1.54) is 41.1 Å². The van der Waals surface area contributed by atoms with Crippen LogP contribution in [0.1, 0.15) is 61.9 Å². The number of nitrogens with one attached hydrogen (secondary N) is 3. The summed E-state index contributed by atoms with van der Waals surface area (Å²) in [5.74, 6) is -0.479. The number of H-pyrrole nitrogens is 1. The number of carbonyl (C=O) groups excluding carboxylic acids is 1. The van der Waals surface area contributed by atoms with Crippen LogP contribution in [0.15, 0.2) is 95.7 Å². The fourth-order valence-electron chi connectivity index (χ4n) is 8.59. The lowest BCUT2D eigenvalue weighted by molar-refractivity contribution is -0.384. The summed E-state index contributed by atoms with van der Waals surface area (Å²) < 4.78 is 59.4. The van der Waals surface area contributed by atoms with Crippen LogP contribution >= 0.6 is 11.6 Å². The molecule has 1 amide bonds. The molecular weight excluding hydrogens is 866 g/mol. The van der Waals surface area contributed by atoms with Crippen LogP contribution in [0.3, 0.4) is 0 Å². The molecule has 0 spiro atoms. The van der Waals surface area contributed by atoms with Crippen LogP contribution in [-0.4, -0.2) is 93.3 Å². The zero-order chi connectivity index (χ0) is 44.5. The van der Waals surface area contributed by atoms with E-state index in [1.54, 1.807) is 24.4 Å². The van der Waals surface area contributed by atoms with Crippen molar-refractivity contribution in [2.24, 2.45) is 11.3 Å². The molecule has 3 aromatic carbocycles. The first kappa shape index (κ1) is 44.1. The first-order chi connectivity index (χ1) is 30.0. The van der Waals surface area contributed by atoms with Crippen molar-refractivity contribution in [1.29, 1.82) is 0 Å². The number of aromatic amines is 1. The minimum Gasteiger partial charge on any atom is -0.455 e. The number of allylic oxidation sites excluding steroid dienone is 1. The molecule has 0 unspecified atom stereocenters. The molecule has 0 saturated carbocycles. The lowest BCUT2D eigenvalue weighted by Crippen LogP contribution is -2.47. The number of hydrogen-bond acceptors (Lipinski definition) is 12. The van der Waals surface area contributed by atoms with Gasteiger partial charge in [-0.05, 0) is 103 Å². The average Bonchev–Trinajstić information content (AvgIpc) is 3.72. The van der Waals surface area contributed by atoms with Gasteiger partial charge in [0.2, 0.25) is 0 Å². The number of pyridine rings is 1. The van der Waals surface area contributed by atoms with Crippen LogP contribution in [-0.2, 0) is 19.9 Å². The van der Waals surface area contributed by atoms with Crippen LogP contribution in [0.25, 0.3) is 16.6 Å². The third kappa shape index (κ3) is 10.5. The highest BCUT2D eigenvalue weighted by Crippen LogP contribution is 2.43. The second-order valence-electron chi connectivity index (χ2n) is 17.4. The largest absolute Gasteiger partial charge is 0.455 e. The summed E-state index contributed by atoms with van der Waals surface area (Å²) in [7, 11) is -7.69. The molecule has 4 heterocycles. The van der Waals surface area contributed by atoms with Crippen molar-refractivity contribution in [3.63, 3.8) is 0 Å². The maximum atomic E-state index is 13.9. The Morgan fingerprint density at radius 3 is 2.49 bits per heavy atom. The topological polar surface area (TPSA) is 197 Å². The summed E-state index contributed by atoms with van der Waals surface area (Å²) in [6.07, 6.45) is 7.26. The van der Waals surface area contributed by atoms with Crippen molar-refractivity contribution in [3.8, 4) is 11.5 Å². The molecule has 8 rings (SSSR count). The summed E-state index contributed by atoms with van der Waals surface area (Å²) in [5, 5.41) is 16.6. The number of rotatable bonds is 13. The molecule has 0 atom stereocenters. The minimum absolute atomic E-state index is 0.0177. The highest BCUT2D eigenvalue weighted by molar-refractivity contribution is 7.91. The molecule has 3 N–H and O–H groups in total. The summed E-state index contributed by atoms with van der Waals surface area (Å²) in [4.78, 5) is 36.9. The van der Waals surface area contributed by atoms with E-state index in [0.717, 1.165) is 61.1 Å². The van der Waals surface area contributed by atoms with Gasteiger partial charge in [-0.15, -0.1) is 0 Å². The fourth-order valence-corrected chi connectivity index (χ4v) is 11.3. The second kappa shape index (κ2) is 17.9. The standard InChI is InChI=1S/C45H50ClN7O8S2/c1-45(2)15-11-33(39(26-45)31-3-5-34(46)6-4-31)29-51-17-19-52(20-18-51)35-7-9-38(42(24-35)61-36-23-32-12-16-47-43(32)49-28-36)44(54)50-63(59,60)37-8-10-40(41(25-37)53(55)56)48-27-30-13-21-62(57,58)22-14-30/h3-10,12,16,23-25,28,30,48H,11,13-15,17-22,26-27,29H2,1-2H3,(H,47,49)(H,50,54). The lowest BCUT2D eigenvalue weighted by atomic mass is 9.72. The van der Waals surface area contributed by atoms with Gasteiger partial charge in [-0.2, -0.15) is 0 Å². The fraction of sp³-hybridized carbons (Fsp3) is 0.378. The van der Waals surface area contributed by atoms with Gasteiger partial charge in [0.25, 0.3) is 21.6 Å². The first-order valence-electron chi connectivity index (χ1n) is 21.0. The van der Waals surface area contributed by atoms with Crippen molar-refractivity contribution < 1.29 is 31.3 Å². The van der Waals surface area contributed by atoms with Gasteiger partial charge in [-0.1, -0.05) is 43.2 Å². The van der Waals surface area contributed by atoms with Gasteiger partial charge in [0, 0.05) is 73.7 Å². The Morgan fingerprint density at radius 1 is 1.02 bits per heavy atom. The number of piperazine rings is 1. The smallest absolute Gasteiger partial charge is 0.293 e. The highest BCUT2D eigenvalue weighted by Gasteiger charge is 2.31.